The van der Waals surface area contributed by atoms with Crippen molar-refractivity contribution in [2.45, 2.75) is 27.7 Å². The number of hydrogen-bond acceptors (Lipinski definition) is 0. The van der Waals surface area contributed by atoms with Crippen LogP contribution >= 0.6 is 0 Å². The third-order valence-corrected chi connectivity index (χ3v) is 1.19. The van der Waals surface area contributed by atoms with Gasteiger partial charge in [0.15, 0.2) is 0 Å². The Morgan fingerprint density at radius 3 is 1.36 bits per heavy atom. The van der Waals surface area contributed by atoms with Crippen molar-refractivity contribution >= 4 is 0 Å². The van der Waals surface area contributed by atoms with Gasteiger partial charge in [-0.2, -0.15) is 0 Å². The van der Waals surface area contributed by atoms with Crippen LogP contribution in [0.5, 0.6) is 0 Å². The first-order chi connectivity index (χ1) is 5.12. The molecule has 0 heteroatoms. The topological polar surface area (TPSA) is 0 Å². The highest BCUT2D eigenvalue weighted by Gasteiger charge is 2.05. The quantitative estimate of drug-likeness (QED) is 0.525. The summed E-state index contributed by atoms with van der Waals surface area (Å²) in [5.41, 5.74) is 0.240. The summed E-state index contributed by atoms with van der Waals surface area (Å²) in [4.78, 5) is 0. The maximum Gasteiger partial charge on any atom is 0.000419 e. The third-order valence-electron chi connectivity index (χ3n) is 1.19. The molecule has 0 aromatic carbocycles. The van der Waals surface area contributed by atoms with Crippen molar-refractivity contribution in [3.05, 3.63) is 37.5 Å². The number of allylic oxidation sites excluding steroid dienone is 4. The first-order valence-corrected chi connectivity index (χ1v) is 3.90. The van der Waals surface area contributed by atoms with E-state index in [0.717, 1.165) is 0 Å². The zero-order valence-electron chi connectivity index (χ0n) is 8.22. The average Bonchev–Trinajstić information content (AvgIpc) is 1.91. The van der Waals surface area contributed by atoms with E-state index in [9.17, 15) is 0 Å². The monoisotopic (exact) mass is 152 g/mol. The van der Waals surface area contributed by atoms with Crippen LogP contribution in [0.2, 0.25) is 0 Å². The van der Waals surface area contributed by atoms with Gasteiger partial charge in [-0.25, -0.2) is 0 Å². The van der Waals surface area contributed by atoms with E-state index in [0.29, 0.717) is 0 Å². The second kappa shape index (κ2) is 7.33. The second-order valence-electron chi connectivity index (χ2n) is 2.82. The molecule has 0 atom stereocenters. The minimum Gasteiger partial charge on any atom is -0.106 e. The van der Waals surface area contributed by atoms with Gasteiger partial charge in [0.05, 0.1) is 0 Å². The van der Waals surface area contributed by atoms with E-state index in [1.54, 1.807) is 0 Å². The van der Waals surface area contributed by atoms with Gasteiger partial charge in [0.25, 0.3) is 0 Å². The fourth-order valence-corrected chi connectivity index (χ4v) is 0.915. The Labute approximate surface area is 71.3 Å². The van der Waals surface area contributed by atoms with E-state index in [4.69, 9.17) is 0 Å². The SMILES string of the molecule is C/C=C\C(C)(C)/C=C\C.C=C. The zero-order chi connectivity index (χ0) is 9.33. The molecule has 0 aliphatic heterocycles. The Morgan fingerprint density at radius 1 is 0.909 bits per heavy atom. The van der Waals surface area contributed by atoms with Crippen LogP contribution in [0.25, 0.3) is 0 Å². The summed E-state index contributed by atoms with van der Waals surface area (Å²) in [6.07, 6.45) is 8.54. The van der Waals surface area contributed by atoms with Gasteiger partial charge < -0.3 is 0 Å². The predicted octanol–water partition coefficient (Wildman–Crippen LogP) is 3.97. The first-order valence-electron chi connectivity index (χ1n) is 3.90. The van der Waals surface area contributed by atoms with E-state index < -0.39 is 0 Å². The molecular weight excluding hydrogens is 132 g/mol. The third kappa shape index (κ3) is 9.22. The molecule has 0 aromatic rings. The molecule has 0 aliphatic rings. The molecule has 0 aromatic heterocycles. The molecule has 0 bridgehead atoms. The molecule has 11 heavy (non-hydrogen) atoms. The van der Waals surface area contributed by atoms with Crippen molar-refractivity contribution in [2.24, 2.45) is 5.41 Å². The van der Waals surface area contributed by atoms with Crippen LogP contribution in [0.15, 0.2) is 37.5 Å². The summed E-state index contributed by atoms with van der Waals surface area (Å²) in [7, 11) is 0. The fraction of sp³-hybridized carbons (Fsp3) is 0.455. The lowest BCUT2D eigenvalue weighted by atomic mass is 9.93. The molecule has 0 radical (unpaired) electrons. The molecule has 0 nitrogen and oxygen atoms in total. The second-order valence-corrected chi connectivity index (χ2v) is 2.82. The lowest BCUT2D eigenvalue weighted by Gasteiger charge is -2.12. The van der Waals surface area contributed by atoms with Crippen molar-refractivity contribution in [1.29, 1.82) is 0 Å². The summed E-state index contributed by atoms with van der Waals surface area (Å²) in [6.45, 7) is 14.5. The first kappa shape index (κ1) is 12.9. The number of hydrogen-bond donors (Lipinski definition) is 0. The molecule has 0 heterocycles. The van der Waals surface area contributed by atoms with Crippen LogP contribution in [0.4, 0.5) is 0 Å². The smallest absolute Gasteiger partial charge is 0.000419 e. The Bertz CT molecular complexity index is 113. The van der Waals surface area contributed by atoms with Crippen LogP contribution in [0.1, 0.15) is 27.7 Å². The Morgan fingerprint density at radius 2 is 1.18 bits per heavy atom. The van der Waals surface area contributed by atoms with Crippen LogP contribution in [0.3, 0.4) is 0 Å². The van der Waals surface area contributed by atoms with Crippen LogP contribution < -0.4 is 0 Å². The standard InChI is InChI=1S/C9H16.C2H4/c1-5-7-9(3,4)8-6-2;1-2/h5-8H,1-4H3;1-2H2/b7-5-,8-6-;. The van der Waals surface area contributed by atoms with E-state index in [1.165, 1.54) is 0 Å². The van der Waals surface area contributed by atoms with Crippen LogP contribution in [0, 0.1) is 5.41 Å². The summed E-state index contributed by atoms with van der Waals surface area (Å²) in [6, 6.07) is 0. The molecule has 0 aliphatic carbocycles. The van der Waals surface area contributed by atoms with Gasteiger partial charge in [0.2, 0.25) is 0 Å². The van der Waals surface area contributed by atoms with Crippen LogP contribution in [-0.2, 0) is 0 Å². The molecule has 0 fully saturated rings. The molecule has 0 N–H and O–H groups in total. The van der Waals surface area contributed by atoms with Gasteiger partial charge in [-0.15, -0.1) is 13.2 Å². The maximum atomic E-state index is 3.00. The lowest BCUT2D eigenvalue weighted by Crippen LogP contribution is -2.00. The highest BCUT2D eigenvalue weighted by molar-refractivity contribution is 5.05. The Hall–Kier alpha value is -0.780. The normalized spacial score (nSPS) is 11.6. The van der Waals surface area contributed by atoms with Gasteiger partial charge >= 0.3 is 0 Å². The molecule has 0 spiro atoms. The minimum absolute atomic E-state index is 0.240. The van der Waals surface area contributed by atoms with Crippen molar-refractivity contribution in [3.63, 3.8) is 0 Å². The Kier molecular flexibility index (Phi) is 8.57. The summed E-state index contributed by atoms with van der Waals surface area (Å²) in [5.74, 6) is 0. The van der Waals surface area contributed by atoms with Crippen molar-refractivity contribution in [1.82, 2.24) is 0 Å². The van der Waals surface area contributed by atoms with Gasteiger partial charge in [-0.3, -0.25) is 0 Å². The largest absolute Gasteiger partial charge is 0.106 e. The number of rotatable bonds is 2. The predicted molar refractivity (Wildman–Crippen MR) is 54.7 cm³/mol. The molecule has 64 valence electrons. The van der Waals surface area contributed by atoms with E-state index in [2.05, 4.69) is 51.3 Å². The molecule has 0 amide bonds. The van der Waals surface area contributed by atoms with Gasteiger partial charge in [0.1, 0.15) is 0 Å². The highest BCUT2D eigenvalue weighted by atomic mass is 14.1. The van der Waals surface area contributed by atoms with Gasteiger partial charge in [-0.05, 0) is 13.8 Å². The van der Waals surface area contributed by atoms with Crippen molar-refractivity contribution < 1.29 is 0 Å². The fourth-order valence-electron chi connectivity index (χ4n) is 0.915. The summed E-state index contributed by atoms with van der Waals surface area (Å²) >= 11 is 0. The van der Waals surface area contributed by atoms with E-state index >= 15 is 0 Å². The van der Waals surface area contributed by atoms with E-state index in [1.807, 2.05) is 13.8 Å². The maximum absolute atomic E-state index is 3.00. The lowest BCUT2D eigenvalue weighted by molar-refractivity contribution is 0.624. The molecule has 0 unspecified atom stereocenters. The molecule has 0 saturated heterocycles. The van der Waals surface area contributed by atoms with Crippen LogP contribution in [-0.4, -0.2) is 0 Å². The van der Waals surface area contributed by atoms with Crippen molar-refractivity contribution in [2.75, 3.05) is 0 Å². The van der Waals surface area contributed by atoms with Gasteiger partial charge in [-0.1, -0.05) is 38.2 Å². The molecular formula is C11H20. The van der Waals surface area contributed by atoms with E-state index in [-0.39, 0.29) is 5.41 Å². The Balaban J connectivity index is 0. The minimum atomic E-state index is 0.240. The van der Waals surface area contributed by atoms with Gasteiger partial charge in [0, 0.05) is 5.41 Å². The average molecular weight is 152 g/mol. The summed E-state index contributed by atoms with van der Waals surface area (Å²) in [5, 5.41) is 0. The summed E-state index contributed by atoms with van der Waals surface area (Å²) < 4.78 is 0. The highest BCUT2D eigenvalue weighted by Crippen LogP contribution is 2.17. The molecule has 0 rings (SSSR count). The zero-order valence-corrected chi connectivity index (χ0v) is 8.22. The molecule has 0 saturated carbocycles. The van der Waals surface area contributed by atoms with Crippen molar-refractivity contribution in [3.8, 4) is 0 Å².